The second kappa shape index (κ2) is 7.90. The molecule has 5 nitrogen and oxygen atoms in total. The number of carbonyl (C=O) groups is 1. The van der Waals surface area contributed by atoms with Crippen molar-refractivity contribution in [1.29, 1.82) is 0 Å². The summed E-state index contributed by atoms with van der Waals surface area (Å²) in [6, 6.07) is 3.28. The molecule has 0 bridgehead atoms. The third-order valence-electron chi connectivity index (χ3n) is 1.37. The van der Waals surface area contributed by atoms with Gasteiger partial charge in [0.15, 0.2) is 0 Å². The first-order valence-corrected chi connectivity index (χ1v) is 4.46. The minimum Gasteiger partial charge on any atom is -0.465 e. The molecule has 0 radical (unpaired) electrons. The summed E-state index contributed by atoms with van der Waals surface area (Å²) >= 11 is 0. The number of aliphatic hydroxyl groups excluding tert-OH is 1. The molecule has 0 fully saturated rings. The SMILES string of the molecule is CC(N)CO.COC(=O)c1cccnc1. The van der Waals surface area contributed by atoms with E-state index in [4.69, 9.17) is 10.8 Å². The topological polar surface area (TPSA) is 85.4 Å². The molecule has 0 aliphatic rings. The van der Waals surface area contributed by atoms with Crippen molar-refractivity contribution in [2.24, 2.45) is 5.73 Å². The minimum absolute atomic E-state index is 0.0602. The molecule has 1 unspecified atom stereocenters. The molecule has 15 heavy (non-hydrogen) atoms. The summed E-state index contributed by atoms with van der Waals surface area (Å²) in [7, 11) is 1.34. The number of methoxy groups -OCH3 is 1. The van der Waals surface area contributed by atoms with E-state index in [1.165, 1.54) is 13.3 Å². The van der Waals surface area contributed by atoms with Crippen molar-refractivity contribution < 1.29 is 14.6 Å². The largest absolute Gasteiger partial charge is 0.465 e. The van der Waals surface area contributed by atoms with Gasteiger partial charge in [0.25, 0.3) is 0 Å². The number of rotatable bonds is 2. The Morgan fingerprint density at radius 2 is 2.33 bits per heavy atom. The lowest BCUT2D eigenvalue weighted by Gasteiger charge is -1.94. The Balaban J connectivity index is 0.000000336. The molecule has 1 rings (SSSR count). The zero-order valence-corrected chi connectivity index (χ0v) is 8.88. The standard InChI is InChI=1S/C7H7NO2.C3H9NO/c1-10-7(9)6-3-2-4-8-5-6;1-3(4)2-5/h2-5H,1H3;3,5H,2,4H2,1H3. The van der Waals surface area contributed by atoms with Gasteiger partial charge in [0, 0.05) is 18.4 Å². The van der Waals surface area contributed by atoms with Crippen LogP contribution in [0.15, 0.2) is 24.5 Å². The third kappa shape index (κ3) is 6.59. The summed E-state index contributed by atoms with van der Waals surface area (Å²) in [5.74, 6) is -0.354. The van der Waals surface area contributed by atoms with Gasteiger partial charge in [-0.25, -0.2) is 4.79 Å². The van der Waals surface area contributed by atoms with Crippen LogP contribution in [0.3, 0.4) is 0 Å². The van der Waals surface area contributed by atoms with Crippen LogP contribution >= 0.6 is 0 Å². The van der Waals surface area contributed by atoms with Crippen LogP contribution in [0.5, 0.6) is 0 Å². The molecule has 0 aliphatic heterocycles. The van der Waals surface area contributed by atoms with E-state index in [0.717, 1.165) is 0 Å². The van der Waals surface area contributed by atoms with Crippen LogP contribution in [0.2, 0.25) is 0 Å². The van der Waals surface area contributed by atoms with Gasteiger partial charge in [-0.1, -0.05) is 0 Å². The van der Waals surface area contributed by atoms with Gasteiger partial charge in [-0.3, -0.25) is 4.98 Å². The molecule has 5 heteroatoms. The number of nitrogens with two attached hydrogens (primary N) is 1. The highest BCUT2D eigenvalue weighted by Gasteiger charge is 2.01. The number of aromatic nitrogens is 1. The lowest BCUT2D eigenvalue weighted by Crippen LogP contribution is -2.18. The first-order chi connectivity index (χ1) is 7.11. The molecule has 0 aliphatic carbocycles. The van der Waals surface area contributed by atoms with Crippen molar-refractivity contribution in [1.82, 2.24) is 4.98 Å². The molecule has 1 atom stereocenters. The van der Waals surface area contributed by atoms with Gasteiger partial charge in [0.1, 0.15) is 0 Å². The first kappa shape index (κ1) is 13.5. The number of hydrogen-bond donors (Lipinski definition) is 2. The summed E-state index contributed by atoms with van der Waals surface area (Å²) < 4.78 is 4.46. The minimum atomic E-state index is -0.354. The van der Waals surface area contributed by atoms with E-state index in [-0.39, 0.29) is 18.6 Å². The Morgan fingerprint density at radius 3 is 2.67 bits per heavy atom. The summed E-state index contributed by atoms with van der Waals surface area (Å²) in [5, 5.41) is 8.02. The summed E-state index contributed by atoms with van der Waals surface area (Å²) in [4.78, 5) is 14.5. The lowest BCUT2D eigenvalue weighted by atomic mass is 10.3. The van der Waals surface area contributed by atoms with Crippen molar-refractivity contribution in [2.45, 2.75) is 13.0 Å². The van der Waals surface area contributed by atoms with E-state index in [2.05, 4.69) is 9.72 Å². The van der Waals surface area contributed by atoms with Crippen molar-refractivity contribution in [3.63, 3.8) is 0 Å². The molecule has 0 amide bonds. The van der Waals surface area contributed by atoms with Crippen LogP contribution in [0.25, 0.3) is 0 Å². The van der Waals surface area contributed by atoms with E-state index in [0.29, 0.717) is 5.56 Å². The predicted molar refractivity (Wildman–Crippen MR) is 56.3 cm³/mol. The van der Waals surface area contributed by atoms with Gasteiger partial charge >= 0.3 is 5.97 Å². The Labute approximate surface area is 88.9 Å². The molecule has 1 aromatic heterocycles. The van der Waals surface area contributed by atoms with Gasteiger partial charge in [0.2, 0.25) is 0 Å². The van der Waals surface area contributed by atoms with E-state index in [1.54, 1.807) is 25.3 Å². The van der Waals surface area contributed by atoms with Crippen molar-refractivity contribution in [3.8, 4) is 0 Å². The number of pyridine rings is 1. The Bertz CT molecular complexity index is 275. The Kier molecular flexibility index (Phi) is 7.13. The monoisotopic (exact) mass is 212 g/mol. The third-order valence-corrected chi connectivity index (χ3v) is 1.37. The van der Waals surface area contributed by atoms with Crippen molar-refractivity contribution >= 4 is 5.97 Å². The van der Waals surface area contributed by atoms with Gasteiger partial charge < -0.3 is 15.6 Å². The highest BCUT2D eigenvalue weighted by molar-refractivity contribution is 5.88. The maximum Gasteiger partial charge on any atom is 0.339 e. The second-order valence-electron chi connectivity index (χ2n) is 2.89. The normalized spacial score (nSPS) is 10.9. The summed E-state index contributed by atoms with van der Waals surface area (Å²) in [5.41, 5.74) is 5.52. The van der Waals surface area contributed by atoms with Crippen LogP contribution in [0.4, 0.5) is 0 Å². The quantitative estimate of drug-likeness (QED) is 0.684. The molecule has 84 valence electrons. The van der Waals surface area contributed by atoms with Crippen LogP contribution in [-0.4, -0.2) is 35.8 Å². The predicted octanol–water partition coefficient (Wildman–Crippen LogP) is 0.194. The van der Waals surface area contributed by atoms with Crippen LogP contribution in [-0.2, 0) is 4.74 Å². The van der Waals surface area contributed by atoms with Crippen LogP contribution in [0.1, 0.15) is 17.3 Å². The van der Waals surface area contributed by atoms with E-state index >= 15 is 0 Å². The maximum absolute atomic E-state index is 10.8. The summed E-state index contributed by atoms with van der Waals surface area (Å²) in [6.45, 7) is 1.83. The first-order valence-electron chi connectivity index (χ1n) is 4.46. The highest BCUT2D eigenvalue weighted by atomic mass is 16.5. The highest BCUT2D eigenvalue weighted by Crippen LogP contribution is 1.96. The van der Waals surface area contributed by atoms with Crippen LogP contribution in [0, 0.1) is 0 Å². The number of aliphatic hydroxyl groups is 1. The fraction of sp³-hybridized carbons (Fsp3) is 0.400. The molecule has 0 spiro atoms. The van der Waals surface area contributed by atoms with E-state index in [1.807, 2.05) is 0 Å². The number of hydrogen-bond acceptors (Lipinski definition) is 5. The number of nitrogens with zero attached hydrogens (tertiary/aromatic N) is 1. The van der Waals surface area contributed by atoms with Gasteiger partial charge in [0.05, 0.1) is 19.3 Å². The number of esters is 1. The lowest BCUT2D eigenvalue weighted by molar-refractivity contribution is 0.0600. The van der Waals surface area contributed by atoms with Gasteiger partial charge in [-0.15, -0.1) is 0 Å². The molecule has 0 aromatic carbocycles. The van der Waals surface area contributed by atoms with Gasteiger partial charge in [-0.05, 0) is 19.1 Å². The molecule has 1 heterocycles. The van der Waals surface area contributed by atoms with Crippen LogP contribution < -0.4 is 5.73 Å². The molecule has 1 aromatic rings. The second-order valence-corrected chi connectivity index (χ2v) is 2.89. The molecular formula is C10H16N2O3. The summed E-state index contributed by atoms with van der Waals surface area (Å²) in [6.07, 6.45) is 3.07. The van der Waals surface area contributed by atoms with Crippen molar-refractivity contribution in [2.75, 3.05) is 13.7 Å². The fourth-order valence-corrected chi connectivity index (χ4v) is 0.601. The smallest absolute Gasteiger partial charge is 0.339 e. The van der Waals surface area contributed by atoms with Gasteiger partial charge in [-0.2, -0.15) is 0 Å². The molecule has 0 saturated heterocycles. The maximum atomic E-state index is 10.8. The Morgan fingerprint density at radius 1 is 1.73 bits per heavy atom. The zero-order valence-electron chi connectivity index (χ0n) is 8.88. The zero-order chi connectivity index (χ0) is 11.7. The average molecular weight is 212 g/mol. The molecule has 0 saturated carbocycles. The molecular weight excluding hydrogens is 196 g/mol. The average Bonchev–Trinajstić information content (AvgIpc) is 2.30. The Hall–Kier alpha value is -1.46. The fourth-order valence-electron chi connectivity index (χ4n) is 0.601. The van der Waals surface area contributed by atoms with E-state index < -0.39 is 0 Å². The van der Waals surface area contributed by atoms with E-state index in [9.17, 15) is 4.79 Å². The number of ether oxygens (including phenoxy) is 1. The van der Waals surface area contributed by atoms with Crippen molar-refractivity contribution in [3.05, 3.63) is 30.1 Å². The number of carbonyl (C=O) groups excluding carboxylic acids is 1. The molecule has 3 N–H and O–H groups in total.